The molecular weight excluding hydrogens is 281 g/mol. The van der Waals surface area contributed by atoms with E-state index in [-0.39, 0.29) is 36.2 Å². The van der Waals surface area contributed by atoms with Gasteiger partial charge in [-0.3, -0.25) is 4.79 Å². The fraction of sp³-hybridized carbons (Fsp3) is 0.364. The Labute approximate surface area is 109 Å². The van der Waals surface area contributed by atoms with Crippen molar-refractivity contribution < 1.29 is 17.6 Å². The average Bonchev–Trinajstić information content (AvgIpc) is 2.57. The molecule has 1 aliphatic heterocycles. The second kappa shape index (κ2) is 4.85. The Bertz CT molecular complexity index is 575. The number of nitrogens with zero attached hydrogens (tertiary/aromatic N) is 1. The molecule has 1 aromatic rings. The lowest BCUT2D eigenvalue weighted by Gasteiger charge is -2.17. The molecule has 1 heterocycles. The number of benzene rings is 1. The minimum absolute atomic E-state index is 0.0697. The predicted octanol–water partition coefficient (Wildman–Crippen LogP) is 1.75. The van der Waals surface area contributed by atoms with Crippen molar-refractivity contribution in [2.75, 3.05) is 17.2 Å². The maximum atomic E-state index is 13.5. The van der Waals surface area contributed by atoms with E-state index in [0.717, 1.165) is 0 Å². The van der Waals surface area contributed by atoms with Crippen molar-refractivity contribution in [3.8, 4) is 0 Å². The van der Waals surface area contributed by atoms with Crippen LogP contribution in [0.25, 0.3) is 0 Å². The first-order valence-electron chi connectivity index (χ1n) is 5.34. The number of carbonyl (C=O) groups is 1. The van der Waals surface area contributed by atoms with Crippen molar-refractivity contribution in [1.29, 1.82) is 0 Å². The Balaban J connectivity index is 2.18. The maximum Gasteiger partial charge on any atom is 0.232 e. The van der Waals surface area contributed by atoms with E-state index in [2.05, 4.69) is 0 Å². The number of amides is 1. The van der Waals surface area contributed by atoms with E-state index >= 15 is 0 Å². The molecule has 0 bridgehead atoms. The fourth-order valence-electron chi connectivity index (χ4n) is 2.08. The zero-order valence-electron chi connectivity index (χ0n) is 9.34. The number of para-hydroxylation sites is 1. The molecule has 0 spiro atoms. The van der Waals surface area contributed by atoms with Crippen LogP contribution in [0.15, 0.2) is 24.3 Å². The lowest BCUT2D eigenvalue weighted by molar-refractivity contribution is -0.117. The monoisotopic (exact) mass is 291 g/mol. The molecule has 1 unspecified atom stereocenters. The highest BCUT2D eigenvalue weighted by molar-refractivity contribution is 8.13. The number of hydrogen-bond acceptors (Lipinski definition) is 3. The first-order valence-corrected chi connectivity index (χ1v) is 7.82. The quantitative estimate of drug-likeness (QED) is 0.797. The Hall–Kier alpha value is -1.14. The average molecular weight is 292 g/mol. The summed E-state index contributed by atoms with van der Waals surface area (Å²) >= 11 is 0. The molecule has 1 aromatic carbocycles. The topological polar surface area (TPSA) is 54.5 Å². The number of anilines is 1. The number of halogens is 2. The van der Waals surface area contributed by atoms with Gasteiger partial charge in [0.05, 0.1) is 11.4 Å². The molecule has 0 N–H and O–H groups in total. The third-order valence-electron chi connectivity index (χ3n) is 2.78. The van der Waals surface area contributed by atoms with Crippen molar-refractivity contribution in [3.05, 3.63) is 30.1 Å². The third kappa shape index (κ3) is 3.00. The smallest absolute Gasteiger partial charge is 0.232 e. The van der Waals surface area contributed by atoms with Crippen LogP contribution in [0, 0.1) is 11.7 Å². The van der Waals surface area contributed by atoms with Crippen molar-refractivity contribution in [1.82, 2.24) is 0 Å². The standard InChI is InChI=1S/C11H11ClFNO3S/c12-18(16,17)7-8-5-11(15)14(6-8)10-4-2-1-3-9(10)13/h1-4,8H,5-7H2. The van der Waals surface area contributed by atoms with Gasteiger partial charge in [0.2, 0.25) is 15.0 Å². The van der Waals surface area contributed by atoms with Gasteiger partial charge >= 0.3 is 0 Å². The van der Waals surface area contributed by atoms with Gasteiger partial charge in [-0.2, -0.15) is 0 Å². The summed E-state index contributed by atoms with van der Waals surface area (Å²) in [6, 6.07) is 5.90. The lowest BCUT2D eigenvalue weighted by Crippen LogP contribution is -2.26. The highest BCUT2D eigenvalue weighted by atomic mass is 35.7. The van der Waals surface area contributed by atoms with Crippen LogP contribution >= 0.6 is 10.7 Å². The molecule has 1 aliphatic rings. The van der Waals surface area contributed by atoms with Crippen LogP contribution in [-0.2, 0) is 13.8 Å². The van der Waals surface area contributed by atoms with Gasteiger partial charge in [-0.05, 0) is 12.1 Å². The third-order valence-corrected chi connectivity index (χ3v) is 4.03. The second-order valence-corrected chi connectivity index (χ2v) is 7.05. The van der Waals surface area contributed by atoms with Gasteiger partial charge < -0.3 is 4.90 Å². The Morgan fingerprint density at radius 3 is 2.67 bits per heavy atom. The van der Waals surface area contributed by atoms with Gasteiger partial charge in [-0.25, -0.2) is 12.8 Å². The molecule has 1 atom stereocenters. The zero-order chi connectivity index (χ0) is 13.3. The van der Waals surface area contributed by atoms with E-state index in [1.54, 1.807) is 6.07 Å². The van der Waals surface area contributed by atoms with Gasteiger partial charge in [0, 0.05) is 29.6 Å². The Morgan fingerprint density at radius 1 is 1.39 bits per heavy atom. The first kappa shape index (κ1) is 13.3. The highest BCUT2D eigenvalue weighted by Crippen LogP contribution is 2.28. The normalized spacial score (nSPS) is 20.4. The van der Waals surface area contributed by atoms with Crippen molar-refractivity contribution >= 4 is 31.3 Å². The summed E-state index contributed by atoms with van der Waals surface area (Å²) in [6.07, 6.45) is 0.0697. The van der Waals surface area contributed by atoms with Gasteiger partial charge in [0.15, 0.2) is 0 Å². The summed E-state index contributed by atoms with van der Waals surface area (Å²) < 4.78 is 35.5. The van der Waals surface area contributed by atoms with E-state index in [1.807, 2.05) is 0 Å². The molecular formula is C11H11ClFNO3S. The van der Waals surface area contributed by atoms with Crippen LogP contribution in [0.3, 0.4) is 0 Å². The number of carbonyl (C=O) groups excluding carboxylic acids is 1. The van der Waals surface area contributed by atoms with Crippen LogP contribution in [0.2, 0.25) is 0 Å². The summed E-state index contributed by atoms with van der Waals surface area (Å²) in [6.45, 7) is 0.172. The lowest BCUT2D eigenvalue weighted by atomic mass is 10.1. The molecule has 2 rings (SSSR count). The Morgan fingerprint density at radius 2 is 2.06 bits per heavy atom. The summed E-state index contributed by atoms with van der Waals surface area (Å²) in [5.74, 6) is -1.45. The summed E-state index contributed by atoms with van der Waals surface area (Å²) in [4.78, 5) is 13.0. The zero-order valence-corrected chi connectivity index (χ0v) is 10.9. The molecule has 98 valence electrons. The number of rotatable bonds is 3. The highest BCUT2D eigenvalue weighted by Gasteiger charge is 2.34. The van der Waals surface area contributed by atoms with E-state index in [9.17, 15) is 17.6 Å². The summed E-state index contributed by atoms with van der Waals surface area (Å²) in [5.41, 5.74) is 0.178. The molecule has 1 amide bonds. The SMILES string of the molecule is O=C1CC(CS(=O)(=O)Cl)CN1c1ccccc1F. The molecule has 7 heteroatoms. The van der Waals surface area contributed by atoms with Gasteiger partial charge in [-0.1, -0.05) is 12.1 Å². The molecule has 0 radical (unpaired) electrons. The van der Waals surface area contributed by atoms with Crippen LogP contribution in [0.4, 0.5) is 10.1 Å². The first-order chi connectivity index (χ1) is 8.37. The van der Waals surface area contributed by atoms with Crippen LogP contribution in [-0.4, -0.2) is 26.6 Å². The molecule has 4 nitrogen and oxygen atoms in total. The summed E-state index contributed by atoms with van der Waals surface area (Å²) in [5, 5.41) is 0. The minimum Gasteiger partial charge on any atom is -0.309 e. The van der Waals surface area contributed by atoms with Crippen molar-refractivity contribution in [2.45, 2.75) is 6.42 Å². The van der Waals surface area contributed by atoms with E-state index in [1.165, 1.54) is 23.1 Å². The van der Waals surface area contributed by atoms with E-state index in [4.69, 9.17) is 10.7 Å². The summed E-state index contributed by atoms with van der Waals surface area (Å²) in [7, 11) is 1.51. The maximum absolute atomic E-state index is 13.5. The van der Waals surface area contributed by atoms with Crippen LogP contribution < -0.4 is 4.90 Å². The minimum atomic E-state index is -3.65. The van der Waals surface area contributed by atoms with Crippen molar-refractivity contribution in [3.63, 3.8) is 0 Å². The Kier molecular flexibility index (Phi) is 3.59. The van der Waals surface area contributed by atoms with E-state index in [0.29, 0.717) is 0 Å². The molecule has 1 fully saturated rings. The molecule has 0 aliphatic carbocycles. The second-order valence-electron chi connectivity index (χ2n) is 4.23. The van der Waals surface area contributed by atoms with Crippen molar-refractivity contribution in [2.24, 2.45) is 5.92 Å². The number of hydrogen-bond donors (Lipinski definition) is 0. The fourth-order valence-corrected chi connectivity index (χ4v) is 3.40. The van der Waals surface area contributed by atoms with Crippen LogP contribution in [0.1, 0.15) is 6.42 Å². The molecule has 1 saturated heterocycles. The molecule has 0 saturated carbocycles. The van der Waals surface area contributed by atoms with Gasteiger partial charge in [-0.15, -0.1) is 0 Å². The van der Waals surface area contributed by atoms with Gasteiger partial charge in [0.1, 0.15) is 5.82 Å². The van der Waals surface area contributed by atoms with Crippen LogP contribution in [0.5, 0.6) is 0 Å². The largest absolute Gasteiger partial charge is 0.309 e. The van der Waals surface area contributed by atoms with E-state index < -0.39 is 14.9 Å². The molecule has 0 aromatic heterocycles. The predicted molar refractivity (Wildman–Crippen MR) is 66.5 cm³/mol. The van der Waals surface area contributed by atoms with Gasteiger partial charge in [0.25, 0.3) is 0 Å². The molecule has 18 heavy (non-hydrogen) atoms.